The molecule has 0 aliphatic carbocycles. The van der Waals surface area contributed by atoms with Gasteiger partial charge in [0.15, 0.2) is 0 Å². The lowest BCUT2D eigenvalue weighted by atomic mass is 10.5. The van der Waals surface area contributed by atoms with Crippen LogP contribution in [-0.4, -0.2) is 21.8 Å². The van der Waals surface area contributed by atoms with Crippen LogP contribution in [0.15, 0.2) is 0 Å². The third-order valence-electron chi connectivity index (χ3n) is 1.13. The van der Waals surface area contributed by atoms with E-state index in [4.69, 9.17) is 5.11 Å². The van der Waals surface area contributed by atoms with Crippen LogP contribution < -0.4 is 5.32 Å². The van der Waals surface area contributed by atoms with Crippen LogP contribution >= 0.6 is 11.3 Å². The lowest BCUT2D eigenvalue weighted by Gasteiger charge is -1.94. The van der Waals surface area contributed by atoms with Crippen LogP contribution in [-0.2, 0) is 6.61 Å². The minimum Gasteiger partial charge on any atom is -0.389 e. The third kappa shape index (κ3) is 4.80. The van der Waals surface area contributed by atoms with E-state index in [1.54, 1.807) is 0 Å². The normalized spacial score (nSPS) is 8.92. The van der Waals surface area contributed by atoms with E-state index in [2.05, 4.69) is 22.4 Å². The van der Waals surface area contributed by atoms with E-state index in [0.29, 0.717) is 5.01 Å². The van der Waals surface area contributed by atoms with Gasteiger partial charge in [0.1, 0.15) is 5.01 Å². The Labute approximate surface area is 83.0 Å². The fraction of sp³-hybridized carbons (Fsp3) is 0.750. The Balaban J connectivity index is 0.000000671. The number of anilines is 1. The molecule has 1 aromatic rings. The Kier molecular flexibility index (Phi) is 7.53. The van der Waals surface area contributed by atoms with E-state index in [9.17, 15) is 0 Å². The number of aromatic nitrogens is 2. The zero-order chi connectivity index (χ0) is 10.1. The fourth-order valence-electron chi connectivity index (χ4n) is 0.621. The number of hydrogen-bond acceptors (Lipinski definition) is 5. The summed E-state index contributed by atoms with van der Waals surface area (Å²) < 4.78 is 0. The Morgan fingerprint density at radius 2 is 2.08 bits per heavy atom. The van der Waals surface area contributed by atoms with E-state index < -0.39 is 0 Å². The summed E-state index contributed by atoms with van der Waals surface area (Å²) in [5.74, 6) is 0. The number of rotatable bonds is 4. The molecule has 5 heteroatoms. The molecule has 0 spiro atoms. The zero-order valence-corrected chi connectivity index (χ0v) is 9.19. The SMILES string of the molecule is CC.CCCNc1nnc(CO)s1. The van der Waals surface area contributed by atoms with Crippen molar-refractivity contribution in [2.75, 3.05) is 11.9 Å². The maximum Gasteiger partial charge on any atom is 0.205 e. The number of hydrogen-bond donors (Lipinski definition) is 2. The molecule has 0 saturated heterocycles. The van der Waals surface area contributed by atoms with Gasteiger partial charge in [-0.15, -0.1) is 10.2 Å². The standard InChI is InChI=1S/C6H11N3OS.C2H6/c1-2-3-7-6-9-8-5(4-10)11-6;1-2/h10H,2-4H2,1H3,(H,7,9);1-2H3. The van der Waals surface area contributed by atoms with Crippen molar-refractivity contribution < 1.29 is 5.11 Å². The molecule has 0 atom stereocenters. The summed E-state index contributed by atoms with van der Waals surface area (Å²) in [5.41, 5.74) is 0. The number of aliphatic hydroxyl groups excluding tert-OH is 1. The second kappa shape index (κ2) is 7.94. The molecule has 1 aromatic heterocycles. The minimum absolute atomic E-state index is 0.0223. The summed E-state index contributed by atoms with van der Waals surface area (Å²) in [6.07, 6.45) is 1.06. The Morgan fingerprint density at radius 1 is 1.38 bits per heavy atom. The van der Waals surface area contributed by atoms with Gasteiger partial charge in [-0.05, 0) is 6.42 Å². The van der Waals surface area contributed by atoms with Crippen molar-refractivity contribution in [3.63, 3.8) is 0 Å². The second-order valence-electron chi connectivity index (χ2n) is 2.09. The molecule has 0 amide bonds. The molecule has 0 unspecified atom stereocenters. The average Bonchev–Trinajstić information content (AvgIpc) is 2.65. The van der Waals surface area contributed by atoms with Crippen molar-refractivity contribution in [1.29, 1.82) is 0 Å². The van der Waals surface area contributed by atoms with Crippen LogP contribution in [0.1, 0.15) is 32.2 Å². The first-order valence-corrected chi connectivity index (χ1v) is 5.35. The van der Waals surface area contributed by atoms with Crippen LogP contribution in [0.3, 0.4) is 0 Å². The molecular formula is C8H17N3OS. The first kappa shape index (κ1) is 12.3. The average molecular weight is 203 g/mol. The van der Waals surface area contributed by atoms with E-state index in [1.165, 1.54) is 11.3 Å². The zero-order valence-electron chi connectivity index (χ0n) is 8.37. The highest BCUT2D eigenvalue weighted by Gasteiger charge is 1.99. The summed E-state index contributed by atoms with van der Waals surface area (Å²) in [4.78, 5) is 0. The first-order valence-electron chi connectivity index (χ1n) is 4.54. The summed E-state index contributed by atoms with van der Waals surface area (Å²) in [6.45, 7) is 6.96. The van der Waals surface area contributed by atoms with E-state index in [-0.39, 0.29) is 6.61 Å². The molecule has 76 valence electrons. The van der Waals surface area contributed by atoms with Gasteiger partial charge in [0.2, 0.25) is 5.13 Å². The van der Waals surface area contributed by atoms with Crippen molar-refractivity contribution in [2.24, 2.45) is 0 Å². The van der Waals surface area contributed by atoms with Crippen LogP contribution in [0.5, 0.6) is 0 Å². The Hall–Kier alpha value is -0.680. The predicted octanol–water partition coefficient (Wildman–Crippen LogP) is 1.88. The fourth-order valence-corrected chi connectivity index (χ4v) is 1.25. The minimum atomic E-state index is -0.0223. The molecule has 0 aromatic carbocycles. The van der Waals surface area contributed by atoms with E-state index >= 15 is 0 Å². The Bertz CT molecular complexity index is 215. The van der Waals surface area contributed by atoms with Gasteiger partial charge in [-0.25, -0.2) is 0 Å². The maximum absolute atomic E-state index is 8.66. The molecule has 0 bridgehead atoms. The van der Waals surface area contributed by atoms with Crippen LogP contribution in [0.25, 0.3) is 0 Å². The Morgan fingerprint density at radius 3 is 2.54 bits per heavy atom. The van der Waals surface area contributed by atoms with Gasteiger partial charge < -0.3 is 10.4 Å². The third-order valence-corrected chi connectivity index (χ3v) is 1.99. The summed E-state index contributed by atoms with van der Waals surface area (Å²) >= 11 is 1.39. The number of nitrogens with one attached hydrogen (secondary N) is 1. The van der Waals surface area contributed by atoms with E-state index in [0.717, 1.165) is 18.1 Å². The largest absolute Gasteiger partial charge is 0.389 e. The van der Waals surface area contributed by atoms with Gasteiger partial charge in [0, 0.05) is 6.54 Å². The second-order valence-corrected chi connectivity index (χ2v) is 3.15. The van der Waals surface area contributed by atoms with Crippen LogP contribution in [0.4, 0.5) is 5.13 Å². The van der Waals surface area contributed by atoms with Gasteiger partial charge in [0.05, 0.1) is 6.61 Å². The molecular weight excluding hydrogens is 186 g/mol. The molecule has 1 rings (SSSR count). The van der Waals surface area contributed by atoms with Crippen molar-refractivity contribution in [3.8, 4) is 0 Å². The number of nitrogens with zero attached hydrogens (tertiary/aromatic N) is 2. The van der Waals surface area contributed by atoms with Crippen molar-refractivity contribution in [3.05, 3.63) is 5.01 Å². The summed E-state index contributed by atoms with van der Waals surface area (Å²) in [5, 5.41) is 20.7. The highest BCUT2D eigenvalue weighted by atomic mass is 32.1. The number of aliphatic hydroxyl groups is 1. The molecule has 0 radical (unpaired) electrons. The molecule has 2 N–H and O–H groups in total. The van der Waals surface area contributed by atoms with Crippen LogP contribution in [0, 0.1) is 0 Å². The lowest BCUT2D eigenvalue weighted by Crippen LogP contribution is -1.98. The summed E-state index contributed by atoms with van der Waals surface area (Å²) in [7, 11) is 0. The van der Waals surface area contributed by atoms with Crippen molar-refractivity contribution in [1.82, 2.24) is 10.2 Å². The molecule has 13 heavy (non-hydrogen) atoms. The molecule has 0 aliphatic rings. The van der Waals surface area contributed by atoms with Crippen LogP contribution in [0.2, 0.25) is 0 Å². The van der Waals surface area contributed by atoms with Gasteiger partial charge in [0.25, 0.3) is 0 Å². The highest BCUT2D eigenvalue weighted by molar-refractivity contribution is 7.15. The molecule has 0 saturated carbocycles. The molecule has 4 nitrogen and oxygen atoms in total. The molecule has 0 aliphatic heterocycles. The van der Waals surface area contributed by atoms with E-state index in [1.807, 2.05) is 13.8 Å². The summed E-state index contributed by atoms with van der Waals surface area (Å²) in [6, 6.07) is 0. The first-order chi connectivity index (χ1) is 6.36. The van der Waals surface area contributed by atoms with Crippen molar-refractivity contribution in [2.45, 2.75) is 33.8 Å². The molecule has 1 heterocycles. The lowest BCUT2D eigenvalue weighted by molar-refractivity contribution is 0.280. The van der Waals surface area contributed by atoms with Gasteiger partial charge in [-0.3, -0.25) is 0 Å². The molecule has 0 fully saturated rings. The van der Waals surface area contributed by atoms with Gasteiger partial charge in [-0.1, -0.05) is 32.1 Å². The van der Waals surface area contributed by atoms with Crippen molar-refractivity contribution >= 4 is 16.5 Å². The highest BCUT2D eigenvalue weighted by Crippen LogP contribution is 2.14. The van der Waals surface area contributed by atoms with Gasteiger partial charge in [-0.2, -0.15) is 0 Å². The van der Waals surface area contributed by atoms with Gasteiger partial charge >= 0.3 is 0 Å². The predicted molar refractivity (Wildman–Crippen MR) is 56.0 cm³/mol. The topological polar surface area (TPSA) is 58.0 Å². The maximum atomic E-state index is 8.66. The quantitative estimate of drug-likeness (QED) is 0.784. The monoisotopic (exact) mass is 203 g/mol. The smallest absolute Gasteiger partial charge is 0.205 e.